The van der Waals surface area contributed by atoms with Gasteiger partial charge in [0.05, 0.1) is 6.04 Å². The number of ketones is 1. The number of benzene rings is 3. The molecule has 0 radical (unpaired) electrons. The first-order chi connectivity index (χ1) is 18.8. The van der Waals surface area contributed by atoms with Crippen molar-refractivity contribution in [1.29, 1.82) is 0 Å². The Morgan fingerprint density at radius 2 is 1.56 bits per heavy atom. The molecule has 0 unspecified atom stereocenters. The molecule has 200 valence electrons. The molecular formula is C29H27BrN4O5. The highest BCUT2D eigenvalue weighted by Gasteiger charge is 2.29. The minimum atomic E-state index is -1.08. The first-order valence-corrected chi connectivity index (χ1v) is 13.2. The monoisotopic (exact) mass is 590 g/mol. The van der Waals surface area contributed by atoms with Gasteiger partial charge in [0.15, 0.2) is 5.58 Å². The van der Waals surface area contributed by atoms with Crippen molar-refractivity contribution >= 4 is 56.2 Å². The van der Waals surface area contributed by atoms with Gasteiger partial charge in [0.1, 0.15) is 11.6 Å². The number of anilines is 1. The van der Waals surface area contributed by atoms with E-state index < -0.39 is 29.7 Å². The Balaban J connectivity index is 1.47. The second kappa shape index (κ2) is 13.0. The third-order valence-electron chi connectivity index (χ3n) is 5.99. The van der Waals surface area contributed by atoms with Gasteiger partial charge in [0, 0.05) is 22.1 Å². The fourth-order valence-electron chi connectivity index (χ4n) is 3.88. The Kier molecular flexibility index (Phi) is 9.22. The number of rotatable bonds is 11. The van der Waals surface area contributed by atoms with E-state index in [2.05, 4.69) is 36.9 Å². The lowest BCUT2D eigenvalue weighted by Gasteiger charge is -2.21. The Morgan fingerprint density at radius 1 is 0.872 bits per heavy atom. The van der Waals surface area contributed by atoms with Gasteiger partial charge in [0.2, 0.25) is 17.6 Å². The van der Waals surface area contributed by atoms with Crippen molar-refractivity contribution in [2.24, 2.45) is 0 Å². The zero-order valence-electron chi connectivity index (χ0n) is 21.1. The van der Waals surface area contributed by atoms with Crippen molar-refractivity contribution in [3.63, 3.8) is 0 Å². The molecule has 4 rings (SSSR count). The smallest absolute Gasteiger partial charge is 0.266 e. The van der Waals surface area contributed by atoms with E-state index in [0.29, 0.717) is 22.4 Å². The predicted molar refractivity (Wildman–Crippen MR) is 150 cm³/mol. The highest BCUT2D eigenvalue weighted by atomic mass is 79.9. The second-order valence-electron chi connectivity index (χ2n) is 8.81. The van der Waals surface area contributed by atoms with Gasteiger partial charge in [0.25, 0.3) is 11.8 Å². The van der Waals surface area contributed by atoms with E-state index in [-0.39, 0.29) is 31.1 Å². The lowest BCUT2D eigenvalue weighted by atomic mass is 10.1. The van der Waals surface area contributed by atoms with Gasteiger partial charge in [-0.3, -0.25) is 19.2 Å². The number of hydrogen-bond acceptors (Lipinski definition) is 6. The summed E-state index contributed by atoms with van der Waals surface area (Å²) in [5.74, 6) is -1.98. The molecule has 1 heterocycles. The van der Waals surface area contributed by atoms with Crippen molar-refractivity contribution in [2.75, 3.05) is 5.32 Å². The fraction of sp³-hybridized carbons (Fsp3) is 0.207. The minimum Gasteiger partial charge on any atom is -0.434 e. The maximum atomic E-state index is 13.3. The highest BCUT2D eigenvalue weighted by molar-refractivity contribution is 9.10. The van der Waals surface area contributed by atoms with E-state index in [0.717, 1.165) is 4.47 Å². The van der Waals surface area contributed by atoms with Gasteiger partial charge in [-0.1, -0.05) is 53.2 Å². The molecular weight excluding hydrogens is 564 g/mol. The van der Waals surface area contributed by atoms with Crippen molar-refractivity contribution in [2.45, 2.75) is 38.3 Å². The maximum Gasteiger partial charge on any atom is 0.266 e. The molecule has 0 aliphatic heterocycles. The number of hydrogen-bond donors (Lipinski definition) is 3. The molecule has 0 saturated carbocycles. The van der Waals surface area contributed by atoms with Crippen LogP contribution in [0.5, 0.6) is 0 Å². The number of nitrogens with one attached hydrogen (secondary N) is 3. The standard InChI is InChI=1S/C29H27BrN4O5/c1-2-21(26(36)29-34-22-10-6-7-11-24(22)39-29)32-28(38)23(33-27(37)18-12-14-19(30)15-13-18)16-17-25(35)31-20-8-4-3-5-9-20/h3-15,21,23H,2,16-17H2,1H3,(H,31,35)(H,32,38)(H,33,37)/t21-,23-/m0/s1. The van der Waals surface area contributed by atoms with Crippen LogP contribution in [-0.4, -0.2) is 40.6 Å². The van der Waals surface area contributed by atoms with E-state index in [1.54, 1.807) is 79.7 Å². The van der Waals surface area contributed by atoms with Crippen LogP contribution in [0.4, 0.5) is 5.69 Å². The zero-order chi connectivity index (χ0) is 27.8. The Morgan fingerprint density at radius 3 is 2.26 bits per heavy atom. The molecule has 3 N–H and O–H groups in total. The van der Waals surface area contributed by atoms with Crippen LogP contribution in [0, 0.1) is 0 Å². The number of fused-ring (bicyclic) bond motifs is 1. The third kappa shape index (κ3) is 7.38. The number of para-hydroxylation sites is 3. The molecule has 0 aliphatic rings. The summed E-state index contributed by atoms with van der Waals surface area (Å²) in [4.78, 5) is 56.2. The summed E-state index contributed by atoms with van der Waals surface area (Å²) in [7, 11) is 0. The summed E-state index contributed by atoms with van der Waals surface area (Å²) in [5.41, 5.74) is 1.97. The van der Waals surface area contributed by atoms with Crippen LogP contribution in [-0.2, 0) is 9.59 Å². The molecule has 4 aromatic rings. The minimum absolute atomic E-state index is 0.0142. The number of amides is 3. The lowest BCUT2D eigenvalue weighted by Crippen LogP contribution is -2.51. The third-order valence-corrected chi connectivity index (χ3v) is 6.52. The normalized spacial score (nSPS) is 12.4. The van der Waals surface area contributed by atoms with Crippen molar-refractivity contribution in [1.82, 2.24) is 15.6 Å². The second-order valence-corrected chi connectivity index (χ2v) is 9.72. The molecule has 3 amide bonds. The first-order valence-electron chi connectivity index (χ1n) is 12.5. The molecule has 2 atom stereocenters. The average molecular weight is 591 g/mol. The van der Waals surface area contributed by atoms with E-state index in [4.69, 9.17) is 4.42 Å². The quantitative estimate of drug-likeness (QED) is 0.213. The zero-order valence-corrected chi connectivity index (χ0v) is 22.7. The van der Waals surface area contributed by atoms with Crippen LogP contribution < -0.4 is 16.0 Å². The number of oxazole rings is 1. The molecule has 3 aromatic carbocycles. The summed E-state index contributed by atoms with van der Waals surface area (Å²) in [6, 6.07) is 20.5. The maximum absolute atomic E-state index is 13.3. The van der Waals surface area contributed by atoms with E-state index in [1.807, 2.05) is 6.07 Å². The average Bonchev–Trinajstić information content (AvgIpc) is 3.38. The highest BCUT2D eigenvalue weighted by Crippen LogP contribution is 2.17. The predicted octanol–water partition coefficient (Wildman–Crippen LogP) is 4.89. The van der Waals surface area contributed by atoms with Crippen LogP contribution in [0.15, 0.2) is 87.8 Å². The Labute approximate surface area is 233 Å². The molecule has 1 aromatic heterocycles. The van der Waals surface area contributed by atoms with E-state index >= 15 is 0 Å². The summed E-state index contributed by atoms with van der Waals surface area (Å²) in [5, 5.41) is 8.18. The molecule has 0 saturated heterocycles. The number of Topliss-reactive ketones (excluding diaryl/α,β-unsaturated/α-hetero) is 1. The fourth-order valence-corrected chi connectivity index (χ4v) is 4.15. The van der Waals surface area contributed by atoms with Crippen LogP contribution in [0.1, 0.15) is 47.2 Å². The van der Waals surface area contributed by atoms with E-state index in [9.17, 15) is 19.2 Å². The van der Waals surface area contributed by atoms with Crippen molar-refractivity contribution < 1.29 is 23.6 Å². The van der Waals surface area contributed by atoms with E-state index in [1.165, 1.54) is 0 Å². The van der Waals surface area contributed by atoms with Crippen LogP contribution >= 0.6 is 15.9 Å². The van der Waals surface area contributed by atoms with Crippen molar-refractivity contribution in [3.05, 3.63) is 94.8 Å². The number of carbonyl (C=O) groups excluding carboxylic acids is 4. The van der Waals surface area contributed by atoms with Gasteiger partial charge in [-0.2, -0.15) is 0 Å². The summed E-state index contributed by atoms with van der Waals surface area (Å²) in [6.45, 7) is 1.74. The molecule has 39 heavy (non-hydrogen) atoms. The summed E-state index contributed by atoms with van der Waals surface area (Å²) in [6.07, 6.45) is 0.245. The molecule has 0 bridgehead atoms. The number of aromatic nitrogens is 1. The van der Waals surface area contributed by atoms with Gasteiger partial charge >= 0.3 is 0 Å². The summed E-state index contributed by atoms with van der Waals surface area (Å²) < 4.78 is 6.38. The van der Waals surface area contributed by atoms with Gasteiger partial charge in [-0.15, -0.1) is 0 Å². The largest absolute Gasteiger partial charge is 0.434 e. The van der Waals surface area contributed by atoms with Gasteiger partial charge < -0.3 is 20.4 Å². The van der Waals surface area contributed by atoms with Crippen LogP contribution in [0.2, 0.25) is 0 Å². The van der Waals surface area contributed by atoms with Crippen LogP contribution in [0.3, 0.4) is 0 Å². The molecule has 9 nitrogen and oxygen atoms in total. The molecule has 0 spiro atoms. The topological polar surface area (TPSA) is 130 Å². The summed E-state index contributed by atoms with van der Waals surface area (Å²) >= 11 is 3.33. The van der Waals surface area contributed by atoms with Gasteiger partial charge in [-0.05, 0) is 61.4 Å². The number of carbonyl (C=O) groups is 4. The number of nitrogens with zero attached hydrogens (tertiary/aromatic N) is 1. The number of halogens is 1. The lowest BCUT2D eigenvalue weighted by molar-refractivity contribution is -0.123. The Hall–Kier alpha value is -4.31. The first kappa shape index (κ1) is 27.7. The SMILES string of the molecule is CC[C@H](NC(=O)[C@H](CCC(=O)Nc1ccccc1)NC(=O)c1ccc(Br)cc1)C(=O)c1nc2ccccc2o1. The van der Waals surface area contributed by atoms with Crippen molar-refractivity contribution in [3.8, 4) is 0 Å². The Bertz CT molecular complexity index is 1440. The van der Waals surface area contributed by atoms with Gasteiger partial charge in [-0.25, -0.2) is 4.98 Å². The van der Waals surface area contributed by atoms with Crippen LogP contribution in [0.25, 0.3) is 11.1 Å². The molecule has 0 aliphatic carbocycles. The molecule has 0 fully saturated rings. The molecule has 10 heteroatoms.